The molecule has 3 aromatic rings. The number of amides is 1. The number of carbonyl (C=O) groups is 1. The summed E-state index contributed by atoms with van der Waals surface area (Å²) in [6.45, 7) is 6.74. The van der Waals surface area contributed by atoms with E-state index in [0.29, 0.717) is 11.7 Å². The summed E-state index contributed by atoms with van der Waals surface area (Å²) in [5.41, 5.74) is 4.47. The van der Waals surface area contributed by atoms with Crippen molar-refractivity contribution in [1.82, 2.24) is 10.5 Å². The van der Waals surface area contributed by atoms with Crippen LogP contribution in [0.2, 0.25) is 0 Å². The predicted molar refractivity (Wildman–Crippen MR) is 128 cm³/mol. The van der Waals surface area contributed by atoms with E-state index in [4.69, 9.17) is 9.26 Å². The fourth-order valence-electron chi connectivity index (χ4n) is 4.24. The van der Waals surface area contributed by atoms with Gasteiger partial charge in [0, 0.05) is 30.8 Å². The van der Waals surface area contributed by atoms with Gasteiger partial charge in [0.25, 0.3) is 0 Å². The molecule has 1 saturated carbocycles. The fourth-order valence-corrected chi connectivity index (χ4v) is 4.24. The third-order valence-corrected chi connectivity index (χ3v) is 6.56. The van der Waals surface area contributed by atoms with E-state index in [2.05, 4.69) is 63.9 Å². The third-order valence-electron chi connectivity index (χ3n) is 6.56. The summed E-state index contributed by atoms with van der Waals surface area (Å²) in [6, 6.07) is 18.8. The highest BCUT2D eigenvalue weighted by Crippen LogP contribution is 2.34. The molecule has 33 heavy (non-hydrogen) atoms. The molecule has 0 bridgehead atoms. The minimum absolute atomic E-state index is 0.0610. The van der Waals surface area contributed by atoms with Crippen LogP contribution in [0.3, 0.4) is 0 Å². The Hall–Kier alpha value is -3.28. The van der Waals surface area contributed by atoms with E-state index in [1.165, 1.54) is 24.1 Å². The second kappa shape index (κ2) is 9.30. The molecule has 2 aromatic carbocycles. The van der Waals surface area contributed by atoms with Crippen molar-refractivity contribution in [2.24, 2.45) is 5.92 Å². The first kappa shape index (κ1) is 21.6. The average molecular weight is 446 g/mol. The molecule has 2 aliphatic rings. The highest BCUT2D eigenvalue weighted by molar-refractivity contribution is 5.78. The van der Waals surface area contributed by atoms with Crippen molar-refractivity contribution in [3.05, 3.63) is 77.2 Å². The number of anilines is 1. The molecule has 1 N–H and O–H groups in total. The second-order valence-electron chi connectivity index (χ2n) is 9.42. The number of aromatic nitrogens is 1. The van der Waals surface area contributed by atoms with Crippen LogP contribution in [0.15, 0.2) is 59.1 Å². The second-order valence-corrected chi connectivity index (χ2v) is 9.42. The number of aryl methyl sites for hydroxylation is 1. The van der Waals surface area contributed by atoms with E-state index >= 15 is 0 Å². The van der Waals surface area contributed by atoms with Crippen LogP contribution in [0, 0.1) is 12.8 Å². The van der Waals surface area contributed by atoms with Crippen LogP contribution in [0.4, 0.5) is 5.69 Å². The summed E-state index contributed by atoms with van der Waals surface area (Å²) < 4.78 is 11.0. The van der Waals surface area contributed by atoms with Crippen molar-refractivity contribution < 1.29 is 14.1 Å². The van der Waals surface area contributed by atoms with Gasteiger partial charge in [-0.05, 0) is 68.0 Å². The summed E-state index contributed by atoms with van der Waals surface area (Å²) in [5, 5.41) is 6.86. The SMILES string of the molecule is Cc1cc(CC(=O)N[C@@H](C)c2ccc(C3CN(c4ccc(OCC5CC5)cc4)C3)cc2)on1. The predicted octanol–water partition coefficient (Wildman–Crippen LogP) is 4.80. The van der Waals surface area contributed by atoms with E-state index in [-0.39, 0.29) is 18.4 Å². The number of nitrogens with zero attached hydrogens (tertiary/aromatic N) is 2. The van der Waals surface area contributed by atoms with Gasteiger partial charge in [-0.1, -0.05) is 29.4 Å². The van der Waals surface area contributed by atoms with E-state index in [1.807, 2.05) is 13.8 Å². The summed E-state index contributed by atoms with van der Waals surface area (Å²) in [5.74, 6) is 2.79. The van der Waals surface area contributed by atoms with Crippen molar-refractivity contribution in [3.8, 4) is 5.75 Å². The van der Waals surface area contributed by atoms with Crippen LogP contribution >= 0.6 is 0 Å². The maximum absolute atomic E-state index is 12.3. The third kappa shape index (κ3) is 5.38. The molecule has 1 aliphatic carbocycles. The van der Waals surface area contributed by atoms with Gasteiger partial charge in [-0.2, -0.15) is 0 Å². The zero-order valence-corrected chi connectivity index (χ0v) is 19.3. The van der Waals surface area contributed by atoms with E-state index < -0.39 is 0 Å². The molecule has 6 nitrogen and oxygen atoms in total. The average Bonchev–Trinajstić information content (AvgIpc) is 3.53. The number of ether oxygens (including phenoxy) is 1. The lowest BCUT2D eigenvalue weighted by Gasteiger charge is -2.41. The van der Waals surface area contributed by atoms with Gasteiger partial charge in [-0.15, -0.1) is 0 Å². The Morgan fingerprint density at radius 1 is 1.15 bits per heavy atom. The number of nitrogens with one attached hydrogen (secondary N) is 1. The Bertz CT molecular complexity index is 1080. The largest absolute Gasteiger partial charge is 0.493 e. The highest BCUT2D eigenvalue weighted by atomic mass is 16.5. The first-order valence-electron chi connectivity index (χ1n) is 11.8. The first-order chi connectivity index (χ1) is 16.0. The van der Waals surface area contributed by atoms with Gasteiger partial charge in [-0.3, -0.25) is 4.79 Å². The Morgan fingerprint density at radius 3 is 2.52 bits per heavy atom. The number of rotatable bonds is 9. The Labute approximate surface area is 194 Å². The lowest BCUT2D eigenvalue weighted by molar-refractivity contribution is -0.121. The van der Waals surface area contributed by atoms with Gasteiger partial charge >= 0.3 is 0 Å². The van der Waals surface area contributed by atoms with Crippen LogP contribution in [-0.2, 0) is 11.2 Å². The van der Waals surface area contributed by atoms with Crippen LogP contribution in [0.1, 0.15) is 54.3 Å². The number of hydrogen-bond donors (Lipinski definition) is 1. The van der Waals surface area contributed by atoms with Gasteiger partial charge in [0.15, 0.2) is 0 Å². The quantitative estimate of drug-likeness (QED) is 0.513. The standard InChI is InChI=1S/C27H31N3O3/c1-18-13-26(33-29-18)14-27(31)28-19(2)21-5-7-22(8-6-21)23-15-30(16-23)24-9-11-25(12-10-24)32-17-20-3-4-20/h5-13,19-20,23H,3-4,14-17H2,1-2H3,(H,28,31)/t19-/m0/s1. The molecular formula is C27H31N3O3. The summed E-state index contributed by atoms with van der Waals surface area (Å²) in [6.07, 6.45) is 2.82. The van der Waals surface area contributed by atoms with E-state index in [1.54, 1.807) is 6.07 Å². The molecule has 1 aliphatic heterocycles. The van der Waals surface area contributed by atoms with Gasteiger partial charge in [-0.25, -0.2) is 0 Å². The molecule has 0 radical (unpaired) electrons. The van der Waals surface area contributed by atoms with E-state index in [0.717, 1.165) is 42.6 Å². The maximum Gasteiger partial charge on any atom is 0.228 e. The van der Waals surface area contributed by atoms with E-state index in [9.17, 15) is 4.79 Å². The number of carbonyl (C=O) groups excluding carboxylic acids is 1. The number of benzene rings is 2. The molecule has 1 saturated heterocycles. The summed E-state index contributed by atoms with van der Waals surface area (Å²) in [7, 11) is 0. The van der Waals surface area contributed by atoms with Crippen LogP contribution in [0.25, 0.3) is 0 Å². The van der Waals surface area contributed by atoms with Crippen molar-refractivity contribution in [3.63, 3.8) is 0 Å². The molecule has 0 spiro atoms. The van der Waals surface area contributed by atoms with Crippen LogP contribution < -0.4 is 15.0 Å². The fraction of sp³-hybridized carbons (Fsp3) is 0.407. The van der Waals surface area contributed by atoms with Gasteiger partial charge in [0.1, 0.15) is 11.5 Å². The molecular weight excluding hydrogens is 414 g/mol. The minimum atomic E-state index is -0.0682. The summed E-state index contributed by atoms with van der Waals surface area (Å²) in [4.78, 5) is 14.7. The van der Waals surface area contributed by atoms with Crippen LogP contribution in [-0.4, -0.2) is 30.8 Å². The normalized spacial score (nSPS) is 16.8. The lowest BCUT2D eigenvalue weighted by Crippen LogP contribution is -2.45. The Morgan fingerprint density at radius 2 is 1.88 bits per heavy atom. The molecule has 172 valence electrons. The minimum Gasteiger partial charge on any atom is -0.493 e. The molecule has 1 atom stereocenters. The molecule has 0 unspecified atom stereocenters. The molecule has 2 fully saturated rings. The lowest BCUT2D eigenvalue weighted by atomic mass is 9.90. The smallest absolute Gasteiger partial charge is 0.228 e. The van der Waals surface area contributed by atoms with Crippen LogP contribution in [0.5, 0.6) is 5.75 Å². The Kier molecular flexibility index (Phi) is 6.07. The molecule has 6 heteroatoms. The maximum atomic E-state index is 12.3. The Balaban J connectivity index is 1.09. The monoisotopic (exact) mass is 445 g/mol. The molecule has 1 amide bonds. The van der Waals surface area contributed by atoms with Crippen molar-refractivity contribution in [2.45, 2.75) is 45.1 Å². The van der Waals surface area contributed by atoms with Gasteiger partial charge in [0.05, 0.1) is 24.8 Å². The van der Waals surface area contributed by atoms with Gasteiger partial charge < -0.3 is 19.5 Å². The molecule has 1 aromatic heterocycles. The topological polar surface area (TPSA) is 67.6 Å². The van der Waals surface area contributed by atoms with Crippen molar-refractivity contribution in [2.75, 3.05) is 24.6 Å². The molecule has 5 rings (SSSR count). The van der Waals surface area contributed by atoms with Gasteiger partial charge in [0.2, 0.25) is 5.91 Å². The number of hydrogen-bond acceptors (Lipinski definition) is 5. The zero-order chi connectivity index (χ0) is 22.8. The molecule has 2 heterocycles. The summed E-state index contributed by atoms with van der Waals surface area (Å²) >= 11 is 0. The first-order valence-corrected chi connectivity index (χ1v) is 11.8. The zero-order valence-electron chi connectivity index (χ0n) is 19.3. The highest BCUT2D eigenvalue weighted by Gasteiger charge is 2.28. The van der Waals surface area contributed by atoms with Crippen molar-refractivity contribution >= 4 is 11.6 Å². The van der Waals surface area contributed by atoms with Crippen molar-refractivity contribution in [1.29, 1.82) is 0 Å².